The molecule has 0 radical (unpaired) electrons. The normalized spacial score (nSPS) is 25.1. The molecule has 4 nitrogen and oxygen atoms in total. The number of rotatable bonds is 4. The van der Waals surface area contributed by atoms with Gasteiger partial charge in [0, 0.05) is 6.42 Å². The standard InChI is InChI=1S/C15H19ClO4/c1-15(2)19-12(8-13(16)20-15)9-14(17)18-10-11-6-4-3-5-7-11/h3-7,12-13H,8-10H2,1-2H3/t12-,13+/m0/s1. The quantitative estimate of drug-likeness (QED) is 0.632. The van der Waals surface area contributed by atoms with Gasteiger partial charge in [-0.2, -0.15) is 0 Å². The third-order valence-corrected chi connectivity index (χ3v) is 3.21. The van der Waals surface area contributed by atoms with Crippen molar-refractivity contribution in [3.8, 4) is 0 Å². The second kappa shape index (κ2) is 6.57. The van der Waals surface area contributed by atoms with Gasteiger partial charge >= 0.3 is 5.97 Å². The van der Waals surface area contributed by atoms with Crippen LogP contribution in [0, 0.1) is 0 Å². The predicted octanol–water partition coefficient (Wildman–Crippen LogP) is 3.23. The average molecular weight is 299 g/mol. The zero-order valence-corrected chi connectivity index (χ0v) is 12.4. The van der Waals surface area contributed by atoms with Gasteiger partial charge in [-0.05, 0) is 19.4 Å². The Labute approximate surface area is 124 Å². The molecule has 0 unspecified atom stereocenters. The van der Waals surface area contributed by atoms with Crippen molar-refractivity contribution in [1.29, 1.82) is 0 Å². The fourth-order valence-corrected chi connectivity index (χ4v) is 2.56. The molecule has 1 aromatic rings. The molecule has 1 aromatic carbocycles. The number of benzene rings is 1. The molecule has 1 aliphatic heterocycles. The van der Waals surface area contributed by atoms with Crippen LogP contribution >= 0.6 is 11.6 Å². The van der Waals surface area contributed by atoms with Gasteiger partial charge in [0.1, 0.15) is 12.2 Å². The summed E-state index contributed by atoms with van der Waals surface area (Å²) < 4.78 is 16.3. The van der Waals surface area contributed by atoms with Crippen LogP contribution in [-0.4, -0.2) is 23.4 Å². The molecule has 5 heteroatoms. The monoisotopic (exact) mass is 298 g/mol. The Balaban J connectivity index is 1.79. The maximum absolute atomic E-state index is 11.8. The van der Waals surface area contributed by atoms with Crippen molar-refractivity contribution in [1.82, 2.24) is 0 Å². The van der Waals surface area contributed by atoms with Crippen LogP contribution in [0.3, 0.4) is 0 Å². The maximum atomic E-state index is 11.8. The van der Waals surface area contributed by atoms with Gasteiger partial charge in [0.2, 0.25) is 0 Å². The summed E-state index contributed by atoms with van der Waals surface area (Å²) in [7, 11) is 0. The van der Waals surface area contributed by atoms with Crippen LogP contribution in [0.5, 0.6) is 0 Å². The summed E-state index contributed by atoms with van der Waals surface area (Å²) in [5, 5.41) is 0. The minimum Gasteiger partial charge on any atom is -0.461 e. The molecule has 20 heavy (non-hydrogen) atoms. The summed E-state index contributed by atoms with van der Waals surface area (Å²) in [6.07, 6.45) is 0.387. The van der Waals surface area contributed by atoms with Gasteiger partial charge in [-0.1, -0.05) is 41.9 Å². The van der Waals surface area contributed by atoms with Crippen molar-refractivity contribution in [2.24, 2.45) is 0 Å². The largest absolute Gasteiger partial charge is 0.461 e. The highest BCUT2D eigenvalue weighted by molar-refractivity contribution is 6.19. The van der Waals surface area contributed by atoms with Crippen molar-refractivity contribution in [3.05, 3.63) is 35.9 Å². The first-order valence-corrected chi connectivity index (χ1v) is 7.07. The number of hydrogen-bond donors (Lipinski definition) is 0. The number of carbonyl (C=O) groups is 1. The first kappa shape index (κ1) is 15.3. The van der Waals surface area contributed by atoms with Crippen LogP contribution in [-0.2, 0) is 25.6 Å². The van der Waals surface area contributed by atoms with E-state index < -0.39 is 11.4 Å². The van der Waals surface area contributed by atoms with Crippen LogP contribution in [0.15, 0.2) is 30.3 Å². The highest BCUT2D eigenvalue weighted by atomic mass is 35.5. The second-order valence-electron chi connectivity index (χ2n) is 5.25. The van der Waals surface area contributed by atoms with E-state index in [1.807, 2.05) is 30.3 Å². The van der Waals surface area contributed by atoms with Crippen molar-refractivity contribution >= 4 is 17.6 Å². The molecule has 1 saturated heterocycles. The summed E-state index contributed by atoms with van der Waals surface area (Å²) >= 11 is 6.00. The fraction of sp³-hybridized carbons (Fsp3) is 0.533. The zero-order valence-electron chi connectivity index (χ0n) is 11.7. The van der Waals surface area contributed by atoms with E-state index in [1.54, 1.807) is 13.8 Å². The molecule has 1 heterocycles. The lowest BCUT2D eigenvalue weighted by atomic mass is 10.1. The lowest BCUT2D eigenvalue weighted by molar-refractivity contribution is -0.283. The van der Waals surface area contributed by atoms with Crippen LogP contribution < -0.4 is 0 Å². The van der Waals surface area contributed by atoms with E-state index in [-0.39, 0.29) is 25.1 Å². The molecule has 110 valence electrons. The van der Waals surface area contributed by atoms with E-state index in [0.717, 1.165) is 5.56 Å². The Morgan fingerprint density at radius 3 is 2.70 bits per heavy atom. The Hall–Kier alpha value is -1.10. The number of esters is 1. The summed E-state index contributed by atoms with van der Waals surface area (Å²) in [4.78, 5) is 11.8. The molecule has 2 rings (SSSR count). The SMILES string of the molecule is CC1(C)O[C@H](CC(=O)OCc2ccccc2)C[C@H](Cl)O1. The molecule has 0 saturated carbocycles. The highest BCUT2D eigenvalue weighted by Gasteiger charge is 2.35. The Bertz CT molecular complexity index is 446. The molecule has 0 aliphatic carbocycles. The van der Waals surface area contributed by atoms with E-state index in [2.05, 4.69) is 0 Å². The second-order valence-corrected chi connectivity index (χ2v) is 5.74. The van der Waals surface area contributed by atoms with E-state index in [1.165, 1.54) is 0 Å². The third kappa shape index (κ3) is 4.78. The molecular weight excluding hydrogens is 280 g/mol. The smallest absolute Gasteiger partial charge is 0.308 e. The van der Waals surface area contributed by atoms with E-state index >= 15 is 0 Å². The summed E-state index contributed by atoms with van der Waals surface area (Å²) in [6.45, 7) is 3.84. The topological polar surface area (TPSA) is 44.8 Å². The maximum Gasteiger partial charge on any atom is 0.308 e. The number of carbonyl (C=O) groups excluding carboxylic acids is 1. The molecule has 0 spiro atoms. The summed E-state index contributed by atoms with van der Waals surface area (Å²) in [6, 6.07) is 9.56. The first-order valence-electron chi connectivity index (χ1n) is 6.64. The number of halogens is 1. The van der Waals surface area contributed by atoms with E-state index in [0.29, 0.717) is 6.42 Å². The van der Waals surface area contributed by atoms with Crippen molar-refractivity contribution in [2.45, 2.75) is 50.8 Å². The van der Waals surface area contributed by atoms with Gasteiger partial charge in [-0.3, -0.25) is 4.79 Å². The lowest BCUT2D eigenvalue weighted by Crippen LogP contribution is -2.43. The van der Waals surface area contributed by atoms with Crippen LogP contribution in [0.4, 0.5) is 0 Å². The molecule has 0 bridgehead atoms. The molecular formula is C15H19ClO4. The van der Waals surface area contributed by atoms with Gasteiger partial charge in [-0.25, -0.2) is 0 Å². The lowest BCUT2D eigenvalue weighted by Gasteiger charge is -2.38. The average Bonchev–Trinajstić information content (AvgIpc) is 2.35. The van der Waals surface area contributed by atoms with E-state index in [9.17, 15) is 4.79 Å². The van der Waals surface area contributed by atoms with E-state index in [4.69, 9.17) is 25.8 Å². The first-order chi connectivity index (χ1) is 9.44. The predicted molar refractivity (Wildman–Crippen MR) is 75.2 cm³/mol. The number of ether oxygens (including phenoxy) is 3. The van der Waals surface area contributed by atoms with Crippen LogP contribution in [0.25, 0.3) is 0 Å². The molecule has 1 fully saturated rings. The van der Waals surface area contributed by atoms with Crippen molar-refractivity contribution in [3.63, 3.8) is 0 Å². The van der Waals surface area contributed by atoms with Gasteiger partial charge in [0.05, 0.1) is 12.5 Å². The van der Waals surface area contributed by atoms with Crippen LogP contribution in [0.1, 0.15) is 32.3 Å². The highest BCUT2D eigenvalue weighted by Crippen LogP contribution is 2.30. The fourth-order valence-electron chi connectivity index (χ4n) is 2.15. The molecule has 1 aliphatic rings. The minimum atomic E-state index is -0.769. The zero-order chi connectivity index (χ0) is 14.6. The number of hydrogen-bond acceptors (Lipinski definition) is 4. The van der Waals surface area contributed by atoms with Crippen molar-refractivity contribution < 1.29 is 19.0 Å². The Kier molecular flexibility index (Phi) is 5.02. The summed E-state index contributed by atoms with van der Waals surface area (Å²) in [5.74, 6) is -1.06. The molecule has 2 atom stereocenters. The summed E-state index contributed by atoms with van der Waals surface area (Å²) in [5.41, 5.74) is 0.523. The van der Waals surface area contributed by atoms with Gasteiger partial charge < -0.3 is 14.2 Å². The minimum absolute atomic E-state index is 0.183. The molecule has 0 amide bonds. The molecule has 0 aromatic heterocycles. The van der Waals surface area contributed by atoms with Crippen LogP contribution in [0.2, 0.25) is 0 Å². The Morgan fingerprint density at radius 2 is 2.05 bits per heavy atom. The Morgan fingerprint density at radius 1 is 1.35 bits per heavy atom. The third-order valence-electron chi connectivity index (χ3n) is 2.95. The molecule has 0 N–H and O–H groups in total. The number of alkyl halides is 1. The van der Waals surface area contributed by atoms with Crippen molar-refractivity contribution in [2.75, 3.05) is 0 Å². The van der Waals surface area contributed by atoms with Gasteiger partial charge in [-0.15, -0.1) is 0 Å². The van der Waals surface area contributed by atoms with Gasteiger partial charge in [0.15, 0.2) is 5.79 Å². The van der Waals surface area contributed by atoms with Gasteiger partial charge in [0.25, 0.3) is 0 Å².